The first kappa shape index (κ1) is 17.4. The average Bonchev–Trinajstić information content (AvgIpc) is 2.95. The Hall–Kier alpha value is -0.650. The Morgan fingerprint density at radius 2 is 2.25 bits per heavy atom. The fraction of sp³-hybridized carbons (Fsp3) is 0.933. The molecule has 1 rings (SSSR count). The van der Waals surface area contributed by atoms with Crippen LogP contribution >= 0.6 is 0 Å². The van der Waals surface area contributed by atoms with Crippen molar-refractivity contribution in [3.8, 4) is 0 Å². The fourth-order valence-corrected chi connectivity index (χ4v) is 2.53. The minimum Gasteiger partial charge on any atom is -0.468 e. The topological polar surface area (TPSA) is 56.8 Å². The molecule has 0 radical (unpaired) electrons. The Morgan fingerprint density at radius 3 is 2.85 bits per heavy atom. The number of methoxy groups -OCH3 is 1. The molecular weight excluding hydrogens is 258 g/mol. The maximum absolute atomic E-state index is 11.8. The summed E-state index contributed by atoms with van der Waals surface area (Å²) in [5.74, 6) is 0.375. The second kappa shape index (κ2) is 9.32. The van der Waals surface area contributed by atoms with Crippen LogP contribution in [0.1, 0.15) is 39.5 Å². The van der Waals surface area contributed by atoms with Gasteiger partial charge in [0.2, 0.25) is 0 Å². The van der Waals surface area contributed by atoms with Crippen molar-refractivity contribution in [1.82, 2.24) is 5.32 Å². The molecule has 5 heteroatoms. The van der Waals surface area contributed by atoms with Gasteiger partial charge in [-0.05, 0) is 39.2 Å². The molecule has 118 valence electrons. The number of rotatable bonds is 10. The number of carbonyl (C=O) groups excluding carboxylic acids is 1. The molecule has 0 aliphatic carbocycles. The van der Waals surface area contributed by atoms with Crippen molar-refractivity contribution in [2.24, 2.45) is 5.92 Å². The summed E-state index contributed by atoms with van der Waals surface area (Å²) in [6.07, 6.45) is 3.79. The van der Waals surface area contributed by atoms with Gasteiger partial charge < -0.3 is 19.5 Å². The van der Waals surface area contributed by atoms with E-state index in [4.69, 9.17) is 14.2 Å². The van der Waals surface area contributed by atoms with Crippen molar-refractivity contribution in [3.63, 3.8) is 0 Å². The van der Waals surface area contributed by atoms with E-state index in [1.165, 1.54) is 7.11 Å². The molecule has 2 unspecified atom stereocenters. The van der Waals surface area contributed by atoms with Crippen LogP contribution in [-0.4, -0.2) is 51.6 Å². The quantitative estimate of drug-likeness (QED) is 0.490. The molecule has 20 heavy (non-hydrogen) atoms. The van der Waals surface area contributed by atoms with Crippen LogP contribution in [0.15, 0.2) is 0 Å². The third kappa shape index (κ3) is 5.77. The van der Waals surface area contributed by atoms with Crippen molar-refractivity contribution >= 4 is 5.97 Å². The van der Waals surface area contributed by atoms with E-state index in [-0.39, 0.29) is 5.97 Å². The summed E-state index contributed by atoms with van der Waals surface area (Å²) >= 11 is 0. The zero-order valence-corrected chi connectivity index (χ0v) is 13.1. The standard InChI is InChI=1S/C15H29NO4/c1-4-16-15(2,14(17)18-3)8-5-6-9-19-11-13-7-10-20-12-13/h13,16H,4-12H2,1-3H3. The molecule has 5 nitrogen and oxygen atoms in total. The lowest BCUT2D eigenvalue weighted by Gasteiger charge is -2.27. The lowest BCUT2D eigenvalue weighted by molar-refractivity contribution is -0.148. The predicted octanol–water partition coefficient (Wildman–Crippen LogP) is 1.75. The number of ether oxygens (including phenoxy) is 3. The highest BCUT2D eigenvalue weighted by Gasteiger charge is 2.32. The van der Waals surface area contributed by atoms with Crippen LogP contribution in [0.2, 0.25) is 0 Å². The highest BCUT2D eigenvalue weighted by atomic mass is 16.5. The predicted molar refractivity (Wildman–Crippen MR) is 77.7 cm³/mol. The highest BCUT2D eigenvalue weighted by Crippen LogP contribution is 2.16. The van der Waals surface area contributed by atoms with Crippen LogP contribution in [0.3, 0.4) is 0 Å². The lowest BCUT2D eigenvalue weighted by Crippen LogP contribution is -2.50. The first-order chi connectivity index (χ1) is 9.62. The van der Waals surface area contributed by atoms with Crippen LogP contribution in [-0.2, 0) is 19.0 Å². The number of esters is 1. The average molecular weight is 287 g/mol. The molecule has 0 aromatic carbocycles. The molecular formula is C15H29NO4. The van der Waals surface area contributed by atoms with Crippen LogP contribution < -0.4 is 5.32 Å². The SMILES string of the molecule is CCNC(C)(CCCCOCC1CCOC1)C(=O)OC. The fourth-order valence-electron chi connectivity index (χ4n) is 2.53. The maximum atomic E-state index is 11.8. The number of nitrogens with one attached hydrogen (secondary N) is 1. The molecule has 1 aliphatic rings. The van der Waals surface area contributed by atoms with Gasteiger partial charge in [0.15, 0.2) is 0 Å². The van der Waals surface area contributed by atoms with Gasteiger partial charge >= 0.3 is 5.97 Å². The Labute approximate surface area is 122 Å². The van der Waals surface area contributed by atoms with Gasteiger partial charge in [-0.2, -0.15) is 0 Å². The monoisotopic (exact) mass is 287 g/mol. The second-order valence-electron chi connectivity index (χ2n) is 5.62. The zero-order valence-electron chi connectivity index (χ0n) is 13.1. The molecule has 1 heterocycles. The largest absolute Gasteiger partial charge is 0.468 e. The lowest BCUT2D eigenvalue weighted by atomic mass is 9.95. The van der Waals surface area contributed by atoms with E-state index >= 15 is 0 Å². The molecule has 0 bridgehead atoms. The molecule has 0 spiro atoms. The summed E-state index contributed by atoms with van der Waals surface area (Å²) in [6, 6.07) is 0. The van der Waals surface area contributed by atoms with E-state index < -0.39 is 5.54 Å². The third-order valence-corrected chi connectivity index (χ3v) is 3.80. The Kier molecular flexibility index (Phi) is 8.11. The molecule has 1 aliphatic heterocycles. The first-order valence-electron chi connectivity index (χ1n) is 7.61. The smallest absolute Gasteiger partial charge is 0.325 e. The van der Waals surface area contributed by atoms with Gasteiger partial charge in [0.25, 0.3) is 0 Å². The van der Waals surface area contributed by atoms with Gasteiger partial charge in [-0.1, -0.05) is 6.92 Å². The minimum absolute atomic E-state index is 0.191. The van der Waals surface area contributed by atoms with Gasteiger partial charge in [-0.3, -0.25) is 4.79 Å². The summed E-state index contributed by atoms with van der Waals surface area (Å²) in [6.45, 7) is 7.90. The molecule has 1 saturated heterocycles. The van der Waals surface area contributed by atoms with Crippen molar-refractivity contribution in [2.75, 3.05) is 40.1 Å². The van der Waals surface area contributed by atoms with Crippen molar-refractivity contribution in [1.29, 1.82) is 0 Å². The highest BCUT2D eigenvalue weighted by molar-refractivity contribution is 5.80. The molecule has 0 amide bonds. The number of hydrogen-bond donors (Lipinski definition) is 1. The van der Waals surface area contributed by atoms with Gasteiger partial charge in [0.05, 0.1) is 20.3 Å². The number of unbranched alkanes of at least 4 members (excludes halogenated alkanes) is 1. The first-order valence-corrected chi connectivity index (χ1v) is 7.61. The van der Waals surface area contributed by atoms with Gasteiger partial charge in [-0.15, -0.1) is 0 Å². The van der Waals surface area contributed by atoms with E-state index in [0.29, 0.717) is 5.92 Å². The van der Waals surface area contributed by atoms with Gasteiger partial charge in [-0.25, -0.2) is 0 Å². The van der Waals surface area contributed by atoms with E-state index in [1.54, 1.807) is 0 Å². The number of hydrogen-bond acceptors (Lipinski definition) is 5. The summed E-state index contributed by atoms with van der Waals surface area (Å²) in [5.41, 5.74) is -0.581. The molecule has 1 fully saturated rings. The summed E-state index contributed by atoms with van der Waals surface area (Å²) in [5, 5.41) is 3.21. The van der Waals surface area contributed by atoms with Crippen molar-refractivity contribution in [2.45, 2.75) is 45.1 Å². The normalized spacial score (nSPS) is 21.6. The summed E-state index contributed by atoms with van der Waals surface area (Å²) < 4.78 is 15.8. The van der Waals surface area contributed by atoms with Crippen molar-refractivity contribution < 1.29 is 19.0 Å². The third-order valence-electron chi connectivity index (χ3n) is 3.80. The van der Waals surface area contributed by atoms with E-state index in [2.05, 4.69) is 5.32 Å². The second-order valence-corrected chi connectivity index (χ2v) is 5.62. The summed E-state index contributed by atoms with van der Waals surface area (Å²) in [4.78, 5) is 11.8. The molecule has 0 aromatic heterocycles. The Bertz CT molecular complexity index is 279. The molecule has 0 saturated carbocycles. The number of likely N-dealkylation sites (N-methyl/N-ethyl adjacent to an activating group) is 1. The van der Waals surface area contributed by atoms with Crippen LogP contribution in [0.5, 0.6) is 0 Å². The molecule has 1 N–H and O–H groups in total. The van der Waals surface area contributed by atoms with Crippen LogP contribution in [0.25, 0.3) is 0 Å². The van der Waals surface area contributed by atoms with E-state index in [1.807, 2.05) is 13.8 Å². The summed E-state index contributed by atoms with van der Waals surface area (Å²) in [7, 11) is 1.44. The van der Waals surface area contributed by atoms with Gasteiger partial charge in [0.1, 0.15) is 5.54 Å². The molecule has 2 atom stereocenters. The van der Waals surface area contributed by atoms with E-state index in [0.717, 1.165) is 58.7 Å². The maximum Gasteiger partial charge on any atom is 0.325 e. The van der Waals surface area contributed by atoms with E-state index in [9.17, 15) is 4.79 Å². The number of carbonyl (C=O) groups is 1. The minimum atomic E-state index is -0.581. The Morgan fingerprint density at radius 1 is 1.45 bits per heavy atom. The van der Waals surface area contributed by atoms with Crippen LogP contribution in [0.4, 0.5) is 0 Å². The Balaban J connectivity index is 2.12. The zero-order chi connectivity index (χ0) is 14.8. The molecule has 0 aromatic rings. The van der Waals surface area contributed by atoms with Crippen molar-refractivity contribution in [3.05, 3.63) is 0 Å². The van der Waals surface area contributed by atoms with Gasteiger partial charge in [0, 0.05) is 19.1 Å². The van der Waals surface area contributed by atoms with Crippen LogP contribution in [0, 0.1) is 5.92 Å².